The summed E-state index contributed by atoms with van der Waals surface area (Å²) >= 11 is 0. The maximum atomic E-state index is 5.54. The van der Waals surface area contributed by atoms with Gasteiger partial charge >= 0.3 is 0 Å². The molecule has 0 aliphatic carbocycles. The van der Waals surface area contributed by atoms with Gasteiger partial charge in [0.05, 0.1) is 39.0 Å². The highest BCUT2D eigenvalue weighted by Crippen LogP contribution is 2.26. The van der Waals surface area contributed by atoms with Crippen LogP contribution in [0.5, 0.6) is 0 Å². The summed E-state index contributed by atoms with van der Waals surface area (Å²) in [6, 6.07) is 0.224. The minimum Gasteiger partial charge on any atom is -0.379 e. The third kappa shape index (κ3) is 2.26. The number of hydrogen-bond donors (Lipinski definition) is 1. The van der Waals surface area contributed by atoms with E-state index in [2.05, 4.69) is 15.5 Å². The fourth-order valence-corrected chi connectivity index (χ4v) is 2.25. The molecule has 2 aliphatic rings. The fraction of sp³-hybridized carbons (Fsp3) is 0.818. The van der Waals surface area contributed by atoms with Crippen LogP contribution in [0.3, 0.4) is 0 Å². The van der Waals surface area contributed by atoms with Gasteiger partial charge in [-0.05, 0) is 7.05 Å². The first-order chi connectivity index (χ1) is 8.88. The third-order valence-corrected chi connectivity index (χ3v) is 3.33. The second kappa shape index (κ2) is 5.31. The zero-order chi connectivity index (χ0) is 12.4. The summed E-state index contributed by atoms with van der Waals surface area (Å²) in [7, 11) is 1.90. The Bertz CT molecular complexity index is 391. The summed E-state index contributed by atoms with van der Waals surface area (Å²) in [6.45, 7) is 2.95. The molecule has 0 spiro atoms. The Balaban J connectivity index is 1.72. The lowest BCUT2D eigenvalue weighted by Crippen LogP contribution is -2.31. The van der Waals surface area contributed by atoms with Gasteiger partial charge in [0.1, 0.15) is 6.10 Å². The van der Waals surface area contributed by atoms with E-state index in [1.165, 1.54) is 0 Å². The van der Waals surface area contributed by atoms with Crippen LogP contribution >= 0.6 is 0 Å². The van der Waals surface area contributed by atoms with E-state index in [-0.39, 0.29) is 18.1 Å². The largest absolute Gasteiger partial charge is 0.379 e. The van der Waals surface area contributed by atoms with Gasteiger partial charge in [0.25, 0.3) is 0 Å². The van der Waals surface area contributed by atoms with Gasteiger partial charge < -0.3 is 24.1 Å². The monoisotopic (exact) mass is 255 g/mol. The van der Waals surface area contributed by atoms with E-state index >= 15 is 0 Å². The van der Waals surface area contributed by atoms with E-state index in [0.717, 1.165) is 0 Å². The minimum atomic E-state index is -0.216. The Morgan fingerprint density at radius 3 is 2.89 bits per heavy atom. The molecule has 1 aromatic rings. The van der Waals surface area contributed by atoms with Gasteiger partial charge in [0.15, 0.2) is 0 Å². The molecule has 100 valence electrons. The molecule has 1 N–H and O–H groups in total. The lowest BCUT2D eigenvalue weighted by Gasteiger charge is -2.19. The molecule has 18 heavy (non-hydrogen) atoms. The quantitative estimate of drug-likeness (QED) is 0.805. The first-order valence-corrected chi connectivity index (χ1v) is 6.16. The molecule has 0 radical (unpaired) electrons. The molecule has 3 rings (SSSR count). The fourth-order valence-electron chi connectivity index (χ4n) is 2.25. The van der Waals surface area contributed by atoms with Gasteiger partial charge in [-0.15, -0.1) is 0 Å². The van der Waals surface area contributed by atoms with Crippen molar-refractivity contribution in [3.63, 3.8) is 0 Å². The van der Waals surface area contributed by atoms with Crippen molar-refractivity contribution in [1.82, 2.24) is 15.5 Å². The van der Waals surface area contributed by atoms with Crippen molar-refractivity contribution in [3.8, 4) is 0 Å². The Morgan fingerprint density at radius 2 is 2.11 bits per heavy atom. The number of ether oxygens (including phenoxy) is 3. The molecular formula is C11H17N3O4. The van der Waals surface area contributed by atoms with E-state index in [0.29, 0.717) is 44.7 Å². The van der Waals surface area contributed by atoms with Gasteiger partial charge in [0.2, 0.25) is 11.7 Å². The zero-order valence-corrected chi connectivity index (χ0v) is 10.3. The van der Waals surface area contributed by atoms with Gasteiger partial charge in [-0.2, -0.15) is 4.98 Å². The van der Waals surface area contributed by atoms with Crippen molar-refractivity contribution in [2.75, 3.05) is 40.1 Å². The highest BCUT2D eigenvalue weighted by Gasteiger charge is 2.34. The van der Waals surface area contributed by atoms with Crippen LogP contribution in [0.2, 0.25) is 0 Å². The number of nitrogens with one attached hydrogen (secondary N) is 1. The SMILES string of the molecule is CNC1COCC1c1nc(C2COCCO2)no1. The summed E-state index contributed by atoms with van der Waals surface area (Å²) in [4.78, 5) is 4.41. The van der Waals surface area contributed by atoms with Crippen molar-refractivity contribution in [2.45, 2.75) is 18.1 Å². The number of hydrogen-bond acceptors (Lipinski definition) is 7. The zero-order valence-electron chi connectivity index (χ0n) is 10.3. The summed E-state index contributed by atoms with van der Waals surface area (Å²) in [5.41, 5.74) is 0. The van der Waals surface area contributed by atoms with Crippen LogP contribution in [-0.2, 0) is 14.2 Å². The molecule has 7 nitrogen and oxygen atoms in total. The number of likely N-dealkylation sites (N-methyl/N-ethyl adjacent to an activating group) is 1. The van der Waals surface area contributed by atoms with Crippen LogP contribution in [0, 0.1) is 0 Å². The first kappa shape index (κ1) is 12.0. The second-order valence-corrected chi connectivity index (χ2v) is 4.46. The van der Waals surface area contributed by atoms with Crippen LogP contribution in [0.15, 0.2) is 4.52 Å². The average Bonchev–Trinajstić information content (AvgIpc) is 3.08. The Hall–Kier alpha value is -1.02. The van der Waals surface area contributed by atoms with E-state index in [4.69, 9.17) is 18.7 Å². The van der Waals surface area contributed by atoms with E-state index < -0.39 is 0 Å². The van der Waals surface area contributed by atoms with Gasteiger partial charge in [-0.25, -0.2) is 0 Å². The maximum absolute atomic E-state index is 5.54. The summed E-state index contributed by atoms with van der Waals surface area (Å²) in [5.74, 6) is 1.28. The average molecular weight is 255 g/mol. The molecule has 0 saturated carbocycles. The maximum Gasteiger partial charge on any atom is 0.233 e. The topological polar surface area (TPSA) is 78.6 Å². The van der Waals surface area contributed by atoms with Crippen LogP contribution in [0.25, 0.3) is 0 Å². The van der Waals surface area contributed by atoms with Crippen LogP contribution in [-0.4, -0.2) is 56.3 Å². The first-order valence-electron chi connectivity index (χ1n) is 6.16. The number of rotatable bonds is 3. The lowest BCUT2D eigenvalue weighted by molar-refractivity contribution is -0.0941. The van der Waals surface area contributed by atoms with Crippen molar-refractivity contribution >= 4 is 0 Å². The predicted molar refractivity (Wildman–Crippen MR) is 60.2 cm³/mol. The molecule has 3 unspecified atom stereocenters. The lowest BCUT2D eigenvalue weighted by atomic mass is 10.0. The highest BCUT2D eigenvalue weighted by atomic mass is 16.6. The molecule has 2 saturated heterocycles. The predicted octanol–water partition coefficient (Wildman–Crippen LogP) is -0.141. The second-order valence-electron chi connectivity index (χ2n) is 4.46. The molecule has 0 bridgehead atoms. The smallest absolute Gasteiger partial charge is 0.233 e. The molecule has 2 aliphatic heterocycles. The highest BCUT2D eigenvalue weighted by molar-refractivity contribution is 5.03. The van der Waals surface area contributed by atoms with E-state index in [1.807, 2.05) is 7.05 Å². The summed E-state index contributed by atoms with van der Waals surface area (Å²) in [6.07, 6.45) is -0.216. The Kier molecular flexibility index (Phi) is 3.55. The molecule has 2 fully saturated rings. The molecule has 1 aromatic heterocycles. The molecule has 0 aromatic carbocycles. The number of aromatic nitrogens is 2. The Labute approximate surface area is 105 Å². The third-order valence-electron chi connectivity index (χ3n) is 3.33. The van der Waals surface area contributed by atoms with Crippen molar-refractivity contribution < 1.29 is 18.7 Å². The summed E-state index contributed by atoms with van der Waals surface area (Å²) in [5, 5.41) is 7.17. The normalized spacial score (nSPS) is 32.8. The molecular weight excluding hydrogens is 238 g/mol. The standard InChI is InChI=1S/C11H17N3O4/c1-12-8-5-16-4-7(8)11-13-10(14-18-11)9-6-15-2-3-17-9/h7-9,12H,2-6H2,1H3. The van der Waals surface area contributed by atoms with Crippen molar-refractivity contribution in [3.05, 3.63) is 11.7 Å². The van der Waals surface area contributed by atoms with Crippen LogP contribution in [0.4, 0.5) is 0 Å². The van der Waals surface area contributed by atoms with E-state index in [9.17, 15) is 0 Å². The van der Waals surface area contributed by atoms with Crippen LogP contribution < -0.4 is 5.32 Å². The minimum absolute atomic E-state index is 0.112. The van der Waals surface area contributed by atoms with Gasteiger partial charge in [-0.3, -0.25) is 0 Å². The van der Waals surface area contributed by atoms with Gasteiger partial charge in [0, 0.05) is 6.04 Å². The van der Waals surface area contributed by atoms with Crippen LogP contribution in [0.1, 0.15) is 23.7 Å². The van der Waals surface area contributed by atoms with Crippen molar-refractivity contribution in [2.24, 2.45) is 0 Å². The summed E-state index contributed by atoms with van der Waals surface area (Å²) < 4.78 is 21.6. The van der Waals surface area contributed by atoms with E-state index in [1.54, 1.807) is 0 Å². The molecule has 3 atom stereocenters. The van der Waals surface area contributed by atoms with Crippen molar-refractivity contribution in [1.29, 1.82) is 0 Å². The Morgan fingerprint density at radius 1 is 1.17 bits per heavy atom. The number of nitrogens with zero attached hydrogens (tertiary/aromatic N) is 2. The molecule has 3 heterocycles. The molecule has 7 heteroatoms. The van der Waals surface area contributed by atoms with Gasteiger partial charge in [-0.1, -0.05) is 5.16 Å². The molecule has 0 amide bonds.